The Balaban J connectivity index is 2.20. The van der Waals surface area contributed by atoms with Crippen LogP contribution in [0, 0.1) is 0 Å². The minimum absolute atomic E-state index is 0.319. The van der Waals surface area contributed by atoms with E-state index in [1.165, 1.54) is 0 Å². The minimum atomic E-state index is -0.708. The van der Waals surface area contributed by atoms with Gasteiger partial charge in [-0.25, -0.2) is 0 Å². The fraction of sp³-hybridized carbons (Fsp3) is 1.00. The Bertz CT molecular complexity index is 71.3. The molecule has 0 saturated carbocycles. The molecule has 42 valence electrons. The van der Waals surface area contributed by atoms with Crippen LogP contribution in [0.5, 0.6) is 0 Å². The zero-order chi connectivity index (χ0) is 5.44. The summed E-state index contributed by atoms with van der Waals surface area (Å²) in [5.74, 6) is 0. The van der Waals surface area contributed by atoms with Gasteiger partial charge in [0.25, 0.3) is 0 Å². The molecule has 1 unspecified atom stereocenters. The van der Waals surface area contributed by atoms with Crippen LogP contribution in [0.4, 0.5) is 0 Å². The standard InChI is InChI=1S/C4H8O3/c1-2(5)3-4(6)7-3/h2-6H,1H3/t2-,3?,4+/m0/s1. The summed E-state index contributed by atoms with van der Waals surface area (Å²) in [5, 5.41) is 17.0. The lowest BCUT2D eigenvalue weighted by Crippen LogP contribution is -2.10. The second-order valence-electron chi connectivity index (χ2n) is 1.73. The normalized spacial score (nSPS) is 43.3. The number of epoxide rings is 1. The van der Waals surface area contributed by atoms with Crippen molar-refractivity contribution < 1.29 is 14.9 Å². The Morgan fingerprint density at radius 2 is 2.14 bits per heavy atom. The Kier molecular flexibility index (Phi) is 1.03. The number of hydrogen-bond donors (Lipinski definition) is 2. The molecular formula is C4H8O3. The van der Waals surface area contributed by atoms with Crippen molar-refractivity contribution in [3.8, 4) is 0 Å². The summed E-state index contributed by atoms with van der Waals surface area (Å²) in [7, 11) is 0. The van der Waals surface area contributed by atoms with Gasteiger partial charge in [0.15, 0.2) is 6.29 Å². The molecule has 0 bridgehead atoms. The van der Waals surface area contributed by atoms with Crippen LogP contribution in [0.25, 0.3) is 0 Å². The van der Waals surface area contributed by atoms with E-state index in [0.29, 0.717) is 0 Å². The minimum Gasteiger partial charge on any atom is -0.391 e. The van der Waals surface area contributed by atoms with Gasteiger partial charge in [0, 0.05) is 0 Å². The smallest absolute Gasteiger partial charge is 0.184 e. The molecule has 3 heteroatoms. The van der Waals surface area contributed by atoms with Gasteiger partial charge in [-0.15, -0.1) is 0 Å². The lowest BCUT2D eigenvalue weighted by Gasteiger charge is -1.91. The van der Waals surface area contributed by atoms with E-state index >= 15 is 0 Å². The number of rotatable bonds is 1. The highest BCUT2D eigenvalue weighted by molar-refractivity contribution is 4.79. The zero-order valence-corrected chi connectivity index (χ0v) is 4.03. The van der Waals surface area contributed by atoms with Crippen molar-refractivity contribution in [3.05, 3.63) is 0 Å². The molecular weight excluding hydrogens is 96.0 g/mol. The lowest BCUT2D eigenvalue weighted by molar-refractivity contribution is 0.145. The average molecular weight is 104 g/mol. The third-order valence-corrected chi connectivity index (χ3v) is 0.976. The van der Waals surface area contributed by atoms with Gasteiger partial charge >= 0.3 is 0 Å². The van der Waals surface area contributed by atoms with Gasteiger partial charge in [-0.3, -0.25) is 0 Å². The van der Waals surface area contributed by atoms with Crippen LogP contribution in [0.1, 0.15) is 6.92 Å². The van der Waals surface area contributed by atoms with Crippen LogP contribution < -0.4 is 0 Å². The predicted octanol–water partition coefficient (Wildman–Crippen LogP) is -0.916. The largest absolute Gasteiger partial charge is 0.391 e. The fourth-order valence-corrected chi connectivity index (χ4v) is 0.468. The van der Waals surface area contributed by atoms with Crippen molar-refractivity contribution >= 4 is 0 Å². The summed E-state index contributed by atoms with van der Waals surface area (Å²) in [6, 6.07) is 0. The molecule has 1 rings (SSSR count). The van der Waals surface area contributed by atoms with Crippen LogP contribution in [0.2, 0.25) is 0 Å². The number of hydrogen-bond acceptors (Lipinski definition) is 3. The number of aliphatic hydroxyl groups is 2. The molecule has 2 N–H and O–H groups in total. The first-order valence-electron chi connectivity index (χ1n) is 2.23. The fourth-order valence-electron chi connectivity index (χ4n) is 0.468. The predicted molar refractivity (Wildman–Crippen MR) is 22.6 cm³/mol. The van der Waals surface area contributed by atoms with Gasteiger partial charge in [-0.05, 0) is 6.92 Å². The second kappa shape index (κ2) is 1.43. The maximum atomic E-state index is 8.58. The van der Waals surface area contributed by atoms with E-state index < -0.39 is 12.4 Å². The first-order valence-corrected chi connectivity index (χ1v) is 2.23. The number of aliphatic hydroxyl groups excluding tert-OH is 2. The summed E-state index contributed by atoms with van der Waals surface area (Å²) in [6.07, 6.45) is -1.56. The Morgan fingerprint density at radius 1 is 1.71 bits per heavy atom. The summed E-state index contributed by atoms with van der Waals surface area (Å²) in [6.45, 7) is 1.58. The topological polar surface area (TPSA) is 53.0 Å². The van der Waals surface area contributed by atoms with Gasteiger partial charge < -0.3 is 14.9 Å². The van der Waals surface area contributed by atoms with Crippen molar-refractivity contribution in [2.45, 2.75) is 25.4 Å². The summed E-state index contributed by atoms with van der Waals surface area (Å²) >= 11 is 0. The van der Waals surface area contributed by atoms with Crippen molar-refractivity contribution in [1.29, 1.82) is 0 Å². The van der Waals surface area contributed by atoms with E-state index in [1.54, 1.807) is 6.92 Å². The molecule has 0 radical (unpaired) electrons. The van der Waals surface area contributed by atoms with Gasteiger partial charge in [0.2, 0.25) is 0 Å². The first-order chi connectivity index (χ1) is 3.22. The molecule has 3 nitrogen and oxygen atoms in total. The van der Waals surface area contributed by atoms with Gasteiger partial charge in [-0.2, -0.15) is 0 Å². The van der Waals surface area contributed by atoms with Crippen LogP contribution in [-0.2, 0) is 4.74 Å². The van der Waals surface area contributed by atoms with Gasteiger partial charge in [-0.1, -0.05) is 0 Å². The molecule has 1 saturated heterocycles. The molecule has 0 aromatic carbocycles. The van der Waals surface area contributed by atoms with Gasteiger partial charge in [0.05, 0.1) is 6.10 Å². The molecule has 1 aliphatic rings. The summed E-state index contributed by atoms with van der Waals surface area (Å²) < 4.78 is 4.48. The van der Waals surface area contributed by atoms with Crippen molar-refractivity contribution in [3.63, 3.8) is 0 Å². The molecule has 1 heterocycles. The molecule has 1 aliphatic heterocycles. The lowest BCUT2D eigenvalue weighted by atomic mass is 10.3. The molecule has 0 aromatic heterocycles. The van der Waals surface area contributed by atoms with Crippen LogP contribution in [0.15, 0.2) is 0 Å². The Hall–Kier alpha value is -0.120. The number of ether oxygens (including phenoxy) is 1. The third kappa shape index (κ3) is 0.907. The maximum absolute atomic E-state index is 8.58. The highest BCUT2D eigenvalue weighted by Crippen LogP contribution is 2.21. The van der Waals surface area contributed by atoms with E-state index in [-0.39, 0.29) is 6.10 Å². The van der Waals surface area contributed by atoms with Crippen molar-refractivity contribution in [1.82, 2.24) is 0 Å². The quantitative estimate of drug-likeness (QED) is 0.423. The Morgan fingerprint density at radius 3 is 2.14 bits per heavy atom. The molecule has 7 heavy (non-hydrogen) atoms. The zero-order valence-electron chi connectivity index (χ0n) is 4.03. The monoisotopic (exact) mass is 104 g/mol. The first kappa shape index (κ1) is 5.03. The summed E-state index contributed by atoms with van der Waals surface area (Å²) in [5.41, 5.74) is 0. The maximum Gasteiger partial charge on any atom is 0.184 e. The molecule has 3 atom stereocenters. The van der Waals surface area contributed by atoms with E-state index in [1.807, 2.05) is 0 Å². The molecule has 0 aliphatic carbocycles. The van der Waals surface area contributed by atoms with Gasteiger partial charge in [0.1, 0.15) is 6.10 Å². The highest BCUT2D eigenvalue weighted by Gasteiger charge is 2.40. The highest BCUT2D eigenvalue weighted by atomic mass is 16.7. The van der Waals surface area contributed by atoms with Crippen molar-refractivity contribution in [2.75, 3.05) is 0 Å². The van der Waals surface area contributed by atoms with E-state index in [0.717, 1.165) is 0 Å². The second-order valence-corrected chi connectivity index (χ2v) is 1.73. The Labute approximate surface area is 41.5 Å². The van der Waals surface area contributed by atoms with Crippen molar-refractivity contribution in [2.24, 2.45) is 0 Å². The average Bonchev–Trinajstić information content (AvgIpc) is 2.17. The van der Waals surface area contributed by atoms with E-state index in [2.05, 4.69) is 4.74 Å². The SMILES string of the molecule is C[C@H](O)C1O[C@H]1O. The molecule has 0 amide bonds. The van der Waals surface area contributed by atoms with E-state index in [9.17, 15) is 0 Å². The molecule has 0 aromatic rings. The molecule has 1 fully saturated rings. The van der Waals surface area contributed by atoms with Crippen LogP contribution >= 0.6 is 0 Å². The summed E-state index contributed by atoms with van der Waals surface area (Å²) in [4.78, 5) is 0. The van der Waals surface area contributed by atoms with E-state index in [4.69, 9.17) is 10.2 Å². The van der Waals surface area contributed by atoms with Crippen LogP contribution in [0.3, 0.4) is 0 Å². The molecule has 0 spiro atoms. The van der Waals surface area contributed by atoms with Crippen LogP contribution in [-0.4, -0.2) is 28.7 Å². The third-order valence-electron chi connectivity index (χ3n) is 0.976.